The van der Waals surface area contributed by atoms with E-state index in [4.69, 9.17) is 25.9 Å². The van der Waals surface area contributed by atoms with E-state index < -0.39 is 5.97 Å². The number of benzene rings is 1. The van der Waals surface area contributed by atoms with Gasteiger partial charge in [0.05, 0.1) is 6.26 Å². The zero-order valence-electron chi connectivity index (χ0n) is 9.64. The standard InChI is InChI=1S/C13H11ClO4/c1-8-5-10(13(15)16)12(6-11(8)14)18-7-9-3-2-4-17-9/h2-6H,7H2,1H3,(H,15,16). The number of halogens is 1. The fourth-order valence-corrected chi connectivity index (χ4v) is 1.65. The van der Waals surface area contributed by atoms with Crippen molar-refractivity contribution in [3.63, 3.8) is 0 Å². The van der Waals surface area contributed by atoms with Crippen LogP contribution >= 0.6 is 11.6 Å². The maximum absolute atomic E-state index is 11.1. The molecule has 2 rings (SSSR count). The smallest absolute Gasteiger partial charge is 0.339 e. The molecule has 0 unspecified atom stereocenters. The van der Waals surface area contributed by atoms with Gasteiger partial charge < -0.3 is 14.3 Å². The monoisotopic (exact) mass is 266 g/mol. The third-order valence-electron chi connectivity index (χ3n) is 2.44. The van der Waals surface area contributed by atoms with E-state index in [9.17, 15) is 4.79 Å². The van der Waals surface area contributed by atoms with E-state index in [1.807, 2.05) is 0 Å². The molecule has 0 saturated heterocycles. The summed E-state index contributed by atoms with van der Waals surface area (Å²) in [6, 6.07) is 6.47. The molecule has 0 aliphatic carbocycles. The number of rotatable bonds is 4. The van der Waals surface area contributed by atoms with Crippen molar-refractivity contribution in [2.24, 2.45) is 0 Å². The molecule has 5 heteroatoms. The van der Waals surface area contributed by atoms with Crippen LogP contribution in [0.2, 0.25) is 5.02 Å². The van der Waals surface area contributed by atoms with E-state index in [0.29, 0.717) is 16.3 Å². The highest BCUT2D eigenvalue weighted by Gasteiger charge is 2.14. The van der Waals surface area contributed by atoms with E-state index >= 15 is 0 Å². The molecule has 1 heterocycles. The van der Waals surface area contributed by atoms with Gasteiger partial charge in [0.2, 0.25) is 0 Å². The molecule has 0 saturated carbocycles. The van der Waals surface area contributed by atoms with Gasteiger partial charge in [-0.25, -0.2) is 4.79 Å². The fraction of sp³-hybridized carbons (Fsp3) is 0.154. The van der Waals surface area contributed by atoms with Crippen molar-refractivity contribution in [3.05, 3.63) is 52.4 Å². The minimum absolute atomic E-state index is 0.0865. The molecular weight excluding hydrogens is 256 g/mol. The predicted octanol–water partition coefficient (Wildman–Crippen LogP) is 3.52. The molecule has 1 N–H and O–H groups in total. The van der Waals surface area contributed by atoms with Crippen LogP contribution in [0.15, 0.2) is 34.9 Å². The number of carboxylic acids is 1. The number of aromatic carboxylic acids is 1. The van der Waals surface area contributed by atoms with Crippen molar-refractivity contribution in [1.82, 2.24) is 0 Å². The Hall–Kier alpha value is -1.94. The number of carboxylic acid groups (broad SMARTS) is 1. The second-order valence-corrected chi connectivity index (χ2v) is 4.18. The zero-order chi connectivity index (χ0) is 13.1. The Bertz CT molecular complexity index is 561. The number of hydrogen-bond acceptors (Lipinski definition) is 3. The normalized spacial score (nSPS) is 10.3. The van der Waals surface area contributed by atoms with Gasteiger partial charge in [-0.05, 0) is 36.8 Å². The van der Waals surface area contributed by atoms with Gasteiger partial charge in [0.25, 0.3) is 0 Å². The summed E-state index contributed by atoms with van der Waals surface area (Å²) in [6.07, 6.45) is 1.53. The summed E-state index contributed by atoms with van der Waals surface area (Å²) >= 11 is 5.95. The number of furan rings is 1. The molecule has 2 aromatic rings. The summed E-state index contributed by atoms with van der Waals surface area (Å²) in [5.41, 5.74) is 0.780. The van der Waals surface area contributed by atoms with Gasteiger partial charge in [0, 0.05) is 5.02 Å². The van der Waals surface area contributed by atoms with Gasteiger partial charge in [0.15, 0.2) is 0 Å². The summed E-state index contributed by atoms with van der Waals surface area (Å²) in [5.74, 6) is -0.207. The van der Waals surface area contributed by atoms with E-state index in [1.54, 1.807) is 19.1 Å². The van der Waals surface area contributed by atoms with Crippen LogP contribution in [0, 0.1) is 6.92 Å². The van der Waals surface area contributed by atoms with Crippen molar-refractivity contribution >= 4 is 17.6 Å². The van der Waals surface area contributed by atoms with Crippen LogP contribution in [-0.2, 0) is 6.61 Å². The Morgan fingerprint density at radius 1 is 1.50 bits per heavy atom. The van der Waals surface area contributed by atoms with Gasteiger partial charge >= 0.3 is 5.97 Å². The average molecular weight is 267 g/mol. The van der Waals surface area contributed by atoms with Crippen LogP contribution in [0.5, 0.6) is 5.75 Å². The molecule has 0 aliphatic heterocycles. The highest BCUT2D eigenvalue weighted by molar-refractivity contribution is 6.31. The lowest BCUT2D eigenvalue weighted by atomic mass is 10.1. The molecule has 0 bridgehead atoms. The van der Waals surface area contributed by atoms with E-state index in [-0.39, 0.29) is 17.9 Å². The minimum Gasteiger partial charge on any atom is -0.485 e. The molecule has 94 valence electrons. The number of hydrogen-bond donors (Lipinski definition) is 1. The summed E-state index contributed by atoms with van der Waals surface area (Å²) < 4.78 is 10.5. The summed E-state index contributed by atoms with van der Waals surface area (Å²) in [7, 11) is 0. The molecule has 0 radical (unpaired) electrons. The number of aryl methyl sites for hydroxylation is 1. The van der Waals surface area contributed by atoms with E-state index in [2.05, 4.69) is 0 Å². The lowest BCUT2D eigenvalue weighted by molar-refractivity contribution is 0.0691. The molecule has 1 aromatic heterocycles. The van der Waals surface area contributed by atoms with Crippen LogP contribution in [-0.4, -0.2) is 11.1 Å². The van der Waals surface area contributed by atoms with Gasteiger partial charge in [-0.3, -0.25) is 0 Å². The first-order valence-electron chi connectivity index (χ1n) is 5.26. The predicted molar refractivity (Wildman–Crippen MR) is 66.2 cm³/mol. The zero-order valence-corrected chi connectivity index (χ0v) is 10.4. The highest BCUT2D eigenvalue weighted by atomic mass is 35.5. The lowest BCUT2D eigenvalue weighted by Crippen LogP contribution is -2.04. The fourth-order valence-electron chi connectivity index (χ4n) is 1.49. The average Bonchev–Trinajstić information content (AvgIpc) is 2.83. The van der Waals surface area contributed by atoms with Crippen LogP contribution in [0.4, 0.5) is 0 Å². The second kappa shape index (κ2) is 5.14. The Balaban J connectivity index is 2.25. The third kappa shape index (κ3) is 2.65. The Labute approximate surface area is 109 Å². The number of carbonyl (C=O) groups is 1. The molecule has 0 atom stereocenters. The first-order valence-corrected chi connectivity index (χ1v) is 5.64. The van der Waals surface area contributed by atoms with Crippen LogP contribution in [0.3, 0.4) is 0 Å². The molecule has 0 aliphatic rings. The molecule has 0 spiro atoms. The van der Waals surface area contributed by atoms with Crippen LogP contribution in [0.25, 0.3) is 0 Å². The third-order valence-corrected chi connectivity index (χ3v) is 2.85. The van der Waals surface area contributed by atoms with Gasteiger partial charge in [-0.1, -0.05) is 11.6 Å². The van der Waals surface area contributed by atoms with Crippen molar-refractivity contribution in [2.45, 2.75) is 13.5 Å². The Morgan fingerprint density at radius 2 is 2.28 bits per heavy atom. The Kier molecular flexibility index (Phi) is 3.58. The second-order valence-electron chi connectivity index (χ2n) is 3.77. The summed E-state index contributed by atoms with van der Waals surface area (Å²) in [6.45, 7) is 1.90. The highest BCUT2D eigenvalue weighted by Crippen LogP contribution is 2.27. The topological polar surface area (TPSA) is 59.7 Å². The minimum atomic E-state index is -1.05. The van der Waals surface area contributed by atoms with Crippen molar-refractivity contribution in [3.8, 4) is 5.75 Å². The Morgan fingerprint density at radius 3 is 2.89 bits per heavy atom. The van der Waals surface area contributed by atoms with Crippen molar-refractivity contribution < 1.29 is 19.1 Å². The summed E-state index contributed by atoms with van der Waals surface area (Å²) in [4.78, 5) is 11.1. The number of ether oxygens (including phenoxy) is 1. The van der Waals surface area contributed by atoms with Gasteiger partial charge in [0.1, 0.15) is 23.7 Å². The molecule has 4 nitrogen and oxygen atoms in total. The maximum Gasteiger partial charge on any atom is 0.339 e. The summed E-state index contributed by atoms with van der Waals surface area (Å²) in [5, 5.41) is 9.56. The van der Waals surface area contributed by atoms with Gasteiger partial charge in [-0.2, -0.15) is 0 Å². The largest absolute Gasteiger partial charge is 0.485 e. The first-order chi connectivity index (χ1) is 8.58. The van der Waals surface area contributed by atoms with Crippen molar-refractivity contribution in [1.29, 1.82) is 0 Å². The first kappa shape index (κ1) is 12.5. The van der Waals surface area contributed by atoms with E-state index in [0.717, 1.165) is 0 Å². The lowest BCUT2D eigenvalue weighted by Gasteiger charge is -2.10. The van der Waals surface area contributed by atoms with Crippen LogP contribution < -0.4 is 4.74 Å². The molecule has 0 fully saturated rings. The SMILES string of the molecule is Cc1cc(C(=O)O)c(OCc2ccco2)cc1Cl. The van der Waals surface area contributed by atoms with Gasteiger partial charge in [-0.15, -0.1) is 0 Å². The van der Waals surface area contributed by atoms with Crippen LogP contribution in [0.1, 0.15) is 21.7 Å². The molecule has 0 amide bonds. The molecular formula is C13H11ClO4. The quantitative estimate of drug-likeness (QED) is 0.920. The molecule has 18 heavy (non-hydrogen) atoms. The maximum atomic E-state index is 11.1. The molecule has 1 aromatic carbocycles. The van der Waals surface area contributed by atoms with E-state index in [1.165, 1.54) is 18.4 Å². The van der Waals surface area contributed by atoms with Crippen molar-refractivity contribution in [2.75, 3.05) is 0 Å².